The smallest absolute Gasteiger partial charge is 0.253 e. The molecule has 2 aromatic carbocycles. The second-order valence-corrected chi connectivity index (χ2v) is 4.81. The molecule has 3 rings (SSSR count). The first-order chi connectivity index (χ1) is 9.74. The molecule has 2 N–H and O–H groups in total. The number of aromatic amines is 1. The zero-order valence-corrected chi connectivity index (χ0v) is 11.2. The molecular weight excluding hydrogens is 250 g/mol. The van der Waals surface area contributed by atoms with E-state index >= 15 is 0 Å². The molecule has 0 atom stereocenters. The van der Waals surface area contributed by atoms with E-state index in [0.29, 0.717) is 12.1 Å². The van der Waals surface area contributed by atoms with Crippen LogP contribution >= 0.6 is 0 Å². The molecule has 0 aliphatic heterocycles. The van der Waals surface area contributed by atoms with Crippen molar-refractivity contribution in [3.05, 3.63) is 65.4 Å². The first-order valence-electron chi connectivity index (χ1n) is 6.50. The average Bonchev–Trinajstić information content (AvgIpc) is 2.93. The molecule has 0 aliphatic carbocycles. The molecule has 0 fully saturated rings. The standard InChI is InChI=1S/C16H15N3O/c1-11-4-2-5-12(8-11)9-17-16(20)14-7-3-6-13-10-18-19-15(13)14/h2-8,10H,9H2,1H3,(H,17,20)(H,18,19). The molecule has 0 radical (unpaired) electrons. The summed E-state index contributed by atoms with van der Waals surface area (Å²) in [5.74, 6) is -0.0960. The van der Waals surface area contributed by atoms with Crippen LogP contribution in [-0.2, 0) is 6.54 Å². The summed E-state index contributed by atoms with van der Waals surface area (Å²) in [4.78, 5) is 12.3. The highest BCUT2D eigenvalue weighted by molar-refractivity contribution is 6.05. The SMILES string of the molecule is Cc1cccc(CNC(=O)c2cccc3cn[nH]c23)c1. The second kappa shape index (κ2) is 5.17. The van der Waals surface area contributed by atoms with Crippen LogP contribution in [0.1, 0.15) is 21.5 Å². The number of nitrogens with one attached hydrogen (secondary N) is 2. The summed E-state index contributed by atoms with van der Waals surface area (Å²) < 4.78 is 0. The average molecular weight is 265 g/mol. The van der Waals surface area contributed by atoms with E-state index in [-0.39, 0.29) is 5.91 Å². The van der Waals surface area contributed by atoms with Gasteiger partial charge in [-0.1, -0.05) is 42.0 Å². The lowest BCUT2D eigenvalue weighted by molar-refractivity contribution is 0.0952. The second-order valence-electron chi connectivity index (χ2n) is 4.81. The van der Waals surface area contributed by atoms with Crippen LogP contribution in [0.25, 0.3) is 10.9 Å². The lowest BCUT2D eigenvalue weighted by atomic mass is 10.1. The van der Waals surface area contributed by atoms with Gasteiger partial charge in [0.1, 0.15) is 0 Å². The van der Waals surface area contributed by atoms with Gasteiger partial charge in [-0.05, 0) is 18.6 Å². The van der Waals surface area contributed by atoms with Gasteiger partial charge in [-0.15, -0.1) is 0 Å². The zero-order chi connectivity index (χ0) is 13.9. The molecule has 0 unspecified atom stereocenters. The van der Waals surface area contributed by atoms with Crippen molar-refractivity contribution in [2.24, 2.45) is 0 Å². The molecule has 1 aromatic heterocycles. The Hall–Kier alpha value is -2.62. The molecule has 1 amide bonds. The van der Waals surface area contributed by atoms with Crippen LogP contribution in [0.4, 0.5) is 0 Å². The quantitative estimate of drug-likeness (QED) is 0.765. The van der Waals surface area contributed by atoms with Gasteiger partial charge in [0.05, 0.1) is 17.3 Å². The largest absolute Gasteiger partial charge is 0.348 e. The van der Waals surface area contributed by atoms with Crippen LogP contribution in [0.5, 0.6) is 0 Å². The van der Waals surface area contributed by atoms with Crippen LogP contribution < -0.4 is 5.32 Å². The van der Waals surface area contributed by atoms with Gasteiger partial charge in [0, 0.05) is 11.9 Å². The molecule has 20 heavy (non-hydrogen) atoms. The fourth-order valence-electron chi connectivity index (χ4n) is 2.26. The summed E-state index contributed by atoms with van der Waals surface area (Å²) in [6.07, 6.45) is 1.71. The molecule has 4 heteroatoms. The Morgan fingerprint density at radius 3 is 2.95 bits per heavy atom. The number of hydrogen-bond acceptors (Lipinski definition) is 2. The third-order valence-electron chi connectivity index (χ3n) is 3.26. The number of aryl methyl sites for hydroxylation is 1. The lowest BCUT2D eigenvalue weighted by Crippen LogP contribution is -2.23. The van der Waals surface area contributed by atoms with Crippen molar-refractivity contribution < 1.29 is 4.79 Å². The number of carbonyl (C=O) groups is 1. The highest BCUT2D eigenvalue weighted by Gasteiger charge is 2.10. The van der Waals surface area contributed by atoms with Crippen LogP contribution in [-0.4, -0.2) is 16.1 Å². The lowest BCUT2D eigenvalue weighted by Gasteiger charge is -2.07. The summed E-state index contributed by atoms with van der Waals surface area (Å²) >= 11 is 0. The molecule has 3 aromatic rings. The molecule has 4 nitrogen and oxygen atoms in total. The predicted molar refractivity (Wildman–Crippen MR) is 78.4 cm³/mol. The van der Waals surface area contributed by atoms with E-state index < -0.39 is 0 Å². The predicted octanol–water partition coefficient (Wildman–Crippen LogP) is 2.80. The number of rotatable bonds is 3. The van der Waals surface area contributed by atoms with Crippen LogP contribution in [0.3, 0.4) is 0 Å². The van der Waals surface area contributed by atoms with Crippen molar-refractivity contribution in [1.82, 2.24) is 15.5 Å². The van der Waals surface area contributed by atoms with Crippen molar-refractivity contribution in [2.75, 3.05) is 0 Å². The number of H-pyrrole nitrogens is 1. The van der Waals surface area contributed by atoms with E-state index in [4.69, 9.17) is 0 Å². The van der Waals surface area contributed by atoms with Crippen molar-refractivity contribution in [2.45, 2.75) is 13.5 Å². The van der Waals surface area contributed by atoms with Gasteiger partial charge < -0.3 is 5.32 Å². The zero-order valence-electron chi connectivity index (χ0n) is 11.2. The monoisotopic (exact) mass is 265 g/mol. The van der Waals surface area contributed by atoms with Crippen LogP contribution in [0, 0.1) is 6.92 Å². The Balaban J connectivity index is 1.78. The number of para-hydroxylation sites is 1. The molecule has 100 valence electrons. The van der Waals surface area contributed by atoms with Crippen LogP contribution in [0.15, 0.2) is 48.7 Å². The van der Waals surface area contributed by atoms with E-state index in [1.54, 1.807) is 12.3 Å². The normalized spacial score (nSPS) is 10.7. The van der Waals surface area contributed by atoms with E-state index in [1.807, 2.05) is 37.3 Å². The fraction of sp³-hybridized carbons (Fsp3) is 0.125. The van der Waals surface area contributed by atoms with Crippen molar-refractivity contribution >= 4 is 16.8 Å². The van der Waals surface area contributed by atoms with Gasteiger partial charge in [-0.3, -0.25) is 9.89 Å². The molecular formula is C16H15N3O. The van der Waals surface area contributed by atoms with Gasteiger partial charge in [0.2, 0.25) is 0 Å². The van der Waals surface area contributed by atoms with Gasteiger partial charge >= 0.3 is 0 Å². The van der Waals surface area contributed by atoms with Crippen LogP contribution in [0.2, 0.25) is 0 Å². The fourth-order valence-corrected chi connectivity index (χ4v) is 2.26. The Morgan fingerprint density at radius 1 is 1.25 bits per heavy atom. The van der Waals surface area contributed by atoms with Gasteiger partial charge in [-0.25, -0.2) is 0 Å². The molecule has 1 heterocycles. The number of fused-ring (bicyclic) bond motifs is 1. The Bertz CT molecular complexity index is 761. The number of nitrogens with zero attached hydrogens (tertiary/aromatic N) is 1. The minimum absolute atomic E-state index is 0.0960. The Morgan fingerprint density at radius 2 is 2.10 bits per heavy atom. The van der Waals surface area contributed by atoms with Gasteiger partial charge in [-0.2, -0.15) is 5.10 Å². The molecule has 0 aliphatic rings. The molecule has 0 saturated carbocycles. The van der Waals surface area contributed by atoms with Crippen molar-refractivity contribution in [1.29, 1.82) is 0 Å². The summed E-state index contributed by atoms with van der Waals surface area (Å²) in [6, 6.07) is 13.7. The molecule has 0 saturated heterocycles. The van der Waals surface area contributed by atoms with Crippen molar-refractivity contribution in [3.63, 3.8) is 0 Å². The maximum absolute atomic E-state index is 12.3. The van der Waals surface area contributed by atoms with E-state index in [0.717, 1.165) is 16.5 Å². The summed E-state index contributed by atoms with van der Waals surface area (Å²) in [6.45, 7) is 2.56. The summed E-state index contributed by atoms with van der Waals surface area (Å²) in [5, 5.41) is 10.7. The molecule has 0 bridgehead atoms. The van der Waals surface area contributed by atoms with Gasteiger partial charge in [0.25, 0.3) is 5.91 Å². The highest BCUT2D eigenvalue weighted by atomic mass is 16.1. The molecule has 0 spiro atoms. The third kappa shape index (κ3) is 2.40. The highest BCUT2D eigenvalue weighted by Crippen LogP contribution is 2.15. The van der Waals surface area contributed by atoms with E-state index in [2.05, 4.69) is 21.6 Å². The third-order valence-corrected chi connectivity index (χ3v) is 3.26. The number of aromatic nitrogens is 2. The number of amides is 1. The minimum atomic E-state index is -0.0960. The van der Waals surface area contributed by atoms with E-state index in [1.165, 1.54) is 5.56 Å². The number of carbonyl (C=O) groups excluding carboxylic acids is 1. The maximum Gasteiger partial charge on any atom is 0.253 e. The Labute approximate surface area is 116 Å². The minimum Gasteiger partial charge on any atom is -0.348 e. The number of benzene rings is 2. The first kappa shape index (κ1) is 12.4. The maximum atomic E-state index is 12.3. The summed E-state index contributed by atoms with van der Waals surface area (Å²) in [5.41, 5.74) is 3.67. The van der Waals surface area contributed by atoms with Crippen molar-refractivity contribution in [3.8, 4) is 0 Å². The van der Waals surface area contributed by atoms with Gasteiger partial charge in [0.15, 0.2) is 0 Å². The number of hydrogen-bond donors (Lipinski definition) is 2. The topological polar surface area (TPSA) is 57.8 Å². The van der Waals surface area contributed by atoms with E-state index in [9.17, 15) is 4.79 Å². The summed E-state index contributed by atoms with van der Waals surface area (Å²) in [7, 11) is 0. The Kier molecular flexibility index (Phi) is 3.21. The first-order valence-corrected chi connectivity index (χ1v) is 6.50.